The van der Waals surface area contributed by atoms with E-state index in [-0.39, 0.29) is 11.6 Å². The van der Waals surface area contributed by atoms with Crippen LogP contribution in [0.1, 0.15) is 27.7 Å². The molecule has 1 heterocycles. The van der Waals surface area contributed by atoms with Crippen molar-refractivity contribution in [2.45, 2.75) is 39.3 Å². The number of pyridine rings is 1. The van der Waals surface area contributed by atoms with Gasteiger partial charge in [0.25, 0.3) is 0 Å². The first-order valence-electron chi connectivity index (χ1n) is 6.04. The molecule has 0 aliphatic carbocycles. The summed E-state index contributed by atoms with van der Waals surface area (Å²) < 4.78 is 10.7. The molecule has 0 fully saturated rings. The van der Waals surface area contributed by atoms with Gasteiger partial charge >= 0.3 is 0 Å². The molecule has 0 atom stereocenters. The third-order valence-corrected chi connectivity index (χ3v) is 2.21. The summed E-state index contributed by atoms with van der Waals surface area (Å²) in [6.45, 7) is 8.54. The van der Waals surface area contributed by atoms with Gasteiger partial charge in [0.05, 0.1) is 23.9 Å². The molecule has 0 bridgehead atoms. The van der Waals surface area contributed by atoms with Gasteiger partial charge in [-0.1, -0.05) is 0 Å². The second-order valence-electron chi connectivity index (χ2n) is 5.20. The fourth-order valence-electron chi connectivity index (χ4n) is 1.58. The lowest BCUT2D eigenvalue weighted by molar-refractivity contribution is 0.158. The number of anilines is 2. The Labute approximate surface area is 109 Å². The zero-order valence-corrected chi connectivity index (χ0v) is 11.8. The number of methoxy groups -OCH3 is 1. The van der Waals surface area contributed by atoms with Gasteiger partial charge in [-0.2, -0.15) is 4.98 Å². The van der Waals surface area contributed by atoms with Crippen LogP contribution >= 0.6 is 0 Å². The van der Waals surface area contributed by atoms with Crippen molar-refractivity contribution >= 4 is 11.5 Å². The number of hydrogen-bond donors (Lipinski definition) is 2. The van der Waals surface area contributed by atoms with Gasteiger partial charge in [0, 0.05) is 7.11 Å². The molecule has 0 spiro atoms. The zero-order chi connectivity index (χ0) is 13.8. The van der Waals surface area contributed by atoms with Crippen molar-refractivity contribution in [1.29, 1.82) is 0 Å². The van der Waals surface area contributed by atoms with Gasteiger partial charge in [0.2, 0.25) is 5.88 Å². The third-order valence-electron chi connectivity index (χ3n) is 2.21. The number of nitrogens with zero attached hydrogens (tertiary/aromatic N) is 1. The first kappa shape index (κ1) is 14.6. The highest BCUT2D eigenvalue weighted by Crippen LogP contribution is 2.23. The SMILES string of the molecule is COCC(C)(C)Nc1ccc(N)c(OC(C)C)n1. The van der Waals surface area contributed by atoms with Crippen LogP contribution in [0.15, 0.2) is 12.1 Å². The summed E-state index contributed by atoms with van der Waals surface area (Å²) in [5.74, 6) is 1.19. The van der Waals surface area contributed by atoms with Gasteiger partial charge < -0.3 is 20.5 Å². The molecule has 1 aromatic heterocycles. The molecule has 0 unspecified atom stereocenters. The molecule has 1 rings (SSSR count). The van der Waals surface area contributed by atoms with E-state index in [1.807, 2.05) is 33.8 Å². The highest BCUT2D eigenvalue weighted by atomic mass is 16.5. The van der Waals surface area contributed by atoms with Gasteiger partial charge in [0.1, 0.15) is 5.82 Å². The van der Waals surface area contributed by atoms with E-state index in [2.05, 4.69) is 10.3 Å². The Morgan fingerprint density at radius 2 is 2.06 bits per heavy atom. The number of rotatable bonds is 6. The summed E-state index contributed by atoms with van der Waals surface area (Å²) in [5, 5.41) is 3.29. The Kier molecular flexibility index (Phi) is 4.78. The second kappa shape index (κ2) is 5.91. The molecular formula is C13H23N3O2. The minimum absolute atomic E-state index is 0.0436. The van der Waals surface area contributed by atoms with Crippen LogP contribution in [0.4, 0.5) is 11.5 Å². The molecule has 1 aromatic rings. The van der Waals surface area contributed by atoms with E-state index in [9.17, 15) is 0 Å². The van der Waals surface area contributed by atoms with Crippen molar-refractivity contribution in [2.24, 2.45) is 0 Å². The number of aromatic nitrogens is 1. The highest BCUT2D eigenvalue weighted by molar-refractivity contribution is 5.54. The van der Waals surface area contributed by atoms with Gasteiger partial charge in [0.15, 0.2) is 0 Å². The molecule has 102 valence electrons. The number of nitrogens with one attached hydrogen (secondary N) is 1. The molecule has 18 heavy (non-hydrogen) atoms. The lowest BCUT2D eigenvalue weighted by Gasteiger charge is -2.26. The van der Waals surface area contributed by atoms with Crippen molar-refractivity contribution in [3.8, 4) is 5.88 Å². The Bertz CT molecular complexity index is 392. The molecule has 3 N–H and O–H groups in total. The maximum atomic E-state index is 5.82. The summed E-state index contributed by atoms with van der Waals surface area (Å²) in [6.07, 6.45) is 0.0436. The fourth-order valence-corrected chi connectivity index (χ4v) is 1.58. The lowest BCUT2D eigenvalue weighted by atomic mass is 10.1. The van der Waals surface area contributed by atoms with Crippen LogP contribution < -0.4 is 15.8 Å². The van der Waals surface area contributed by atoms with Crippen LogP contribution in [0.5, 0.6) is 5.88 Å². The molecule has 0 amide bonds. The second-order valence-corrected chi connectivity index (χ2v) is 5.20. The highest BCUT2D eigenvalue weighted by Gasteiger charge is 2.18. The maximum Gasteiger partial charge on any atom is 0.239 e. The predicted molar refractivity (Wildman–Crippen MR) is 74.0 cm³/mol. The van der Waals surface area contributed by atoms with E-state index in [4.69, 9.17) is 15.2 Å². The predicted octanol–water partition coefficient (Wildman–Crippen LogP) is 2.29. The minimum atomic E-state index is -0.201. The van der Waals surface area contributed by atoms with E-state index in [1.165, 1.54) is 0 Å². The summed E-state index contributed by atoms with van der Waals surface area (Å²) in [5.41, 5.74) is 6.16. The zero-order valence-electron chi connectivity index (χ0n) is 11.8. The average molecular weight is 253 g/mol. The molecule has 5 heteroatoms. The maximum absolute atomic E-state index is 5.82. The summed E-state index contributed by atoms with van der Waals surface area (Å²) >= 11 is 0. The smallest absolute Gasteiger partial charge is 0.239 e. The minimum Gasteiger partial charge on any atom is -0.473 e. The summed E-state index contributed by atoms with van der Waals surface area (Å²) in [4.78, 5) is 4.37. The van der Waals surface area contributed by atoms with E-state index in [0.29, 0.717) is 18.2 Å². The molecule has 0 saturated heterocycles. The molecular weight excluding hydrogens is 230 g/mol. The Balaban J connectivity index is 2.84. The summed E-state index contributed by atoms with van der Waals surface area (Å²) in [7, 11) is 1.67. The van der Waals surface area contributed by atoms with Crippen molar-refractivity contribution in [3.05, 3.63) is 12.1 Å². The Hall–Kier alpha value is -1.49. The Morgan fingerprint density at radius 3 is 2.61 bits per heavy atom. The van der Waals surface area contributed by atoms with E-state index in [0.717, 1.165) is 5.82 Å². The van der Waals surface area contributed by atoms with E-state index in [1.54, 1.807) is 13.2 Å². The Morgan fingerprint density at radius 1 is 1.39 bits per heavy atom. The molecule has 0 radical (unpaired) electrons. The van der Waals surface area contributed by atoms with Gasteiger partial charge in [-0.05, 0) is 39.8 Å². The number of nitrogen functional groups attached to an aromatic ring is 1. The number of hydrogen-bond acceptors (Lipinski definition) is 5. The quantitative estimate of drug-likeness (QED) is 0.814. The molecule has 5 nitrogen and oxygen atoms in total. The fraction of sp³-hybridized carbons (Fsp3) is 0.615. The van der Waals surface area contributed by atoms with Crippen LogP contribution in [0.3, 0.4) is 0 Å². The standard InChI is InChI=1S/C13H23N3O2/c1-9(2)18-12-10(14)6-7-11(15-12)16-13(3,4)8-17-5/h6-7,9H,8,14H2,1-5H3,(H,15,16). The van der Waals surface area contributed by atoms with Gasteiger partial charge in [-0.25, -0.2) is 0 Å². The number of ether oxygens (including phenoxy) is 2. The van der Waals surface area contributed by atoms with Crippen LogP contribution in [0.25, 0.3) is 0 Å². The van der Waals surface area contributed by atoms with Gasteiger partial charge in [-0.3, -0.25) is 0 Å². The largest absolute Gasteiger partial charge is 0.473 e. The molecule has 0 saturated carbocycles. The summed E-state index contributed by atoms with van der Waals surface area (Å²) in [6, 6.07) is 3.62. The van der Waals surface area contributed by atoms with Crippen LogP contribution in [0, 0.1) is 0 Å². The van der Waals surface area contributed by atoms with Crippen molar-refractivity contribution in [3.63, 3.8) is 0 Å². The molecule has 0 aliphatic rings. The third kappa shape index (κ3) is 4.41. The van der Waals surface area contributed by atoms with Gasteiger partial charge in [-0.15, -0.1) is 0 Å². The van der Waals surface area contributed by atoms with Crippen LogP contribution in [0.2, 0.25) is 0 Å². The van der Waals surface area contributed by atoms with Crippen molar-refractivity contribution in [1.82, 2.24) is 4.98 Å². The van der Waals surface area contributed by atoms with E-state index < -0.39 is 0 Å². The average Bonchev–Trinajstić information content (AvgIpc) is 2.21. The van der Waals surface area contributed by atoms with Crippen LogP contribution in [-0.2, 0) is 4.74 Å². The monoisotopic (exact) mass is 253 g/mol. The lowest BCUT2D eigenvalue weighted by Crippen LogP contribution is -2.36. The number of nitrogens with two attached hydrogens (primary N) is 1. The van der Waals surface area contributed by atoms with E-state index >= 15 is 0 Å². The van der Waals surface area contributed by atoms with Crippen molar-refractivity contribution in [2.75, 3.05) is 24.8 Å². The first-order chi connectivity index (χ1) is 8.34. The first-order valence-corrected chi connectivity index (χ1v) is 6.04. The molecule has 0 aromatic carbocycles. The van der Waals surface area contributed by atoms with Crippen molar-refractivity contribution < 1.29 is 9.47 Å². The molecule has 0 aliphatic heterocycles. The topological polar surface area (TPSA) is 69.4 Å². The van der Waals surface area contributed by atoms with Crippen LogP contribution in [-0.4, -0.2) is 30.3 Å². The normalized spacial score (nSPS) is 11.7.